The molecule has 11 N–H and O–H groups in total. The van der Waals surface area contributed by atoms with Gasteiger partial charge in [-0.15, -0.1) is 0 Å². The highest BCUT2D eigenvalue weighted by Crippen LogP contribution is 2.29. The average molecular weight is 1050 g/mol. The minimum absolute atomic E-state index is 0.0168. The molecule has 2 aliphatic rings. The molecule has 0 aromatic heterocycles. The predicted molar refractivity (Wildman–Crippen MR) is 256 cm³/mol. The van der Waals surface area contributed by atoms with Crippen LogP contribution in [0.4, 0.5) is 4.79 Å². The standard InChI is InChI=1S/C46H71BrN10O13/c1-9-12-34(59)51-29(15-18-33(48)58)40(62)55-37-25(6)70-45(67)36(23(3)4)54-41(63)31(22-26-14-17-32(69-8)27(47)21-26)56(7)44(66)38(24(5)10-2)57-35(60)19-16-30(43(57)65)53-39(61)28(52-42(37)64)13-11-20-50-46(49)68/h14,17,21,23-25,28-31,35-38,60H,9-13,15-16,18-20,22H2,1-8H3,(H2,48,58)(H,51,59)(H,52,64)(H,53,61)(H,54,63)(H,55,62)(H3,49,50,68)/t24-,25-,28+,29-,30+,31+,35-,36+,37+,38+/m1/s1. The molecule has 2 bridgehead atoms. The number of urea groups is 1. The Morgan fingerprint density at radius 1 is 0.957 bits per heavy atom. The third kappa shape index (κ3) is 16.3. The zero-order valence-electron chi connectivity index (χ0n) is 41.1. The first-order valence-corrected chi connectivity index (χ1v) is 24.4. The van der Waals surface area contributed by atoms with E-state index in [2.05, 4.69) is 47.8 Å². The predicted octanol–water partition coefficient (Wildman–Crippen LogP) is -0.278. The summed E-state index contributed by atoms with van der Waals surface area (Å²) in [5.41, 5.74) is 11.2. The number of rotatable bonds is 18. The Morgan fingerprint density at radius 2 is 1.64 bits per heavy atom. The van der Waals surface area contributed by atoms with Gasteiger partial charge in [0.1, 0.15) is 60.4 Å². The number of cyclic esters (lactones) is 1. The summed E-state index contributed by atoms with van der Waals surface area (Å²) in [6.07, 6.45) is -3.33. The van der Waals surface area contributed by atoms with E-state index in [0.29, 0.717) is 28.6 Å². The zero-order chi connectivity index (χ0) is 52.6. The number of nitrogens with two attached hydrogens (primary N) is 2. The Kier molecular flexibility index (Phi) is 22.8. The number of piperidine rings is 1. The lowest BCUT2D eigenvalue weighted by atomic mass is 9.91. The van der Waals surface area contributed by atoms with Crippen molar-refractivity contribution in [3.05, 3.63) is 28.2 Å². The summed E-state index contributed by atoms with van der Waals surface area (Å²) >= 11 is 3.46. The Morgan fingerprint density at radius 3 is 2.23 bits per heavy atom. The van der Waals surface area contributed by atoms with E-state index in [0.717, 1.165) is 9.80 Å². The summed E-state index contributed by atoms with van der Waals surface area (Å²) in [7, 11) is 2.85. The molecule has 23 nitrogen and oxygen atoms in total. The van der Waals surface area contributed by atoms with Crippen molar-refractivity contribution < 1.29 is 62.5 Å². The zero-order valence-corrected chi connectivity index (χ0v) is 42.7. The van der Waals surface area contributed by atoms with E-state index in [9.17, 15) is 53.1 Å². The van der Waals surface area contributed by atoms with E-state index in [-0.39, 0.29) is 57.9 Å². The highest BCUT2D eigenvalue weighted by Gasteiger charge is 2.47. The second-order valence-electron chi connectivity index (χ2n) is 18.1. The lowest BCUT2D eigenvalue weighted by Gasteiger charge is -2.44. The normalized spacial score (nSPS) is 24.9. The highest BCUT2D eigenvalue weighted by molar-refractivity contribution is 9.10. The van der Waals surface area contributed by atoms with Crippen molar-refractivity contribution in [2.75, 3.05) is 20.7 Å². The number of nitrogens with one attached hydrogen (secondary N) is 6. The molecule has 10 atom stereocenters. The first-order chi connectivity index (χ1) is 32.9. The van der Waals surface area contributed by atoms with Crippen LogP contribution in [0.5, 0.6) is 5.75 Å². The molecule has 0 saturated carbocycles. The molecule has 2 saturated heterocycles. The number of methoxy groups -OCH3 is 1. The fourth-order valence-electron chi connectivity index (χ4n) is 8.14. The number of hydrogen-bond acceptors (Lipinski definition) is 13. The Bertz CT molecular complexity index is 2080. The van der Waals surface area contributed by atoms with Gasteiger partial charge in [0.15, 0.2) is 0 Å². The van der Waals surface area contributed by atoms with E-state index in [4.69, 9.17) is 20.9 Å². The fourth-order valence-corrected chi connectivity index (χ4v) is 8.73. The molecule has 24 heteroatoms. The van der Waals surface area contributed by atoms with Crippen molar-refractivity contribution in [1.82, 2.24) is 41.7 Å². The van der Waals surface area contributed by atoms with Crippen molar-refractivity contribution in [3.8, 4) is 5.75 Å². The van der Waals surface area contributed by atoms with E-state index in [1.807, 2.05) is 0 Å². The number of esters is 1. The molecular weight excluding hydrogens is 980 g/mol. The van der Waals surface area contributed by atoms with E-state index < -0.39 is 126 Å². The molecule has 2 fully saturated rings. The maximum absolute atomic E-state index is 15.0. The first-order valence-electron chi connectivity index (χ1n) is 23.6. The summed E-state index contributed by atoms with van der Waals surface area (Å²) in [6, 6.07) is -6.02. The van der Waals surface area contributed by atoms with Gasteiger partial charge in [0.2, 0.25) is 47.3 Å². The van der Waals surface area contributed by atoms with E-state index >= 15 is 0 Å². The van der Waals surface area contributed by atoms with Crippen LogP contribution in [0.15, 0.2) is 22.7 Å². The summed E-state index contributed by atoms with van der Waals surface area (Å²) in [6.45, 7) is 9.67. The summed E-state index contributed by atoms with van der Waals surface area (Å²) in [4.78, 5) is 140. The smallest absolute Gasteiger partial charge is 0.329 e. The van der Waals surface area contributed by atoms with Crippen molar-refractivity contribution >= 4 is 75.2 Å². The van der Waals surface area contributed by atoms with E-state index in [1.54, 1.807) is 52.8 Å². The first kappa shape index (κ1) is 58.3. The average Bonchev–Trinajstić information content (AvgIpc) is 3.29. The number of amides is 10. The second-order valence-corrected chi connectivity index (χ2v) is 18.9. The number of likely N-dealkylation sites (N-methyl/N-ethyl adjacent to an activating group) is 1. The molecule has 10 amide bonds. The molecule has 0 unspecified atom stereocenters. The number of fused-ring (bicyclic) bond motifs is 2. The number of nitrogens with zero attached hydrogens (tertiary/aromatic N) is 2. The Hall–Kier alpha value is -6.04. The van der Waals surface area contributed by atoms with E-state index in [1.165, 1.54) is 21.1 Å². The molecule has 2 aliphatic heterocycles. The molecular formula is C46H71BrN10O13. The topological polar surface area (TPSA) is 340 Å². The molecule has 1 aromatic carbocycles. The lowest BCUT2D eigenvalue weighted by molar-refractivity contribution is -0.168. The third-order valence-electron chi connectivity index (χ3n) is 12.4. The van der Waals surface area contributed by atoms with Crippen molar-refractivity contribution in [2.45, 2.75) is 160 Å². The SMILES string of the molecule is CCCC(=O)N[C@H](CCC(N)=O)C(=O)N[C@@H]1C(=O)N[C@@H](CCCNC(N)=O)C(=O)N[C@H]2CC[C@@H](O)N(C2=O)[C@@H]([C@H](C)CC)C(=O)N(C)[C@@H](Cc2ccc(OC)c(Br)c2)C(=O)N[C@@H](C(C)C)C(=O)O[C@@H]1C. The van der Waals surface area contributed by atoms with Crippen LogP contribution in [0.3, 0.4) is 0 Å². The third-order valence-corrected chi connectivity index (χ3v) is 13.0. The van der Waals surface area contributed by atoms with Gasteiger partial charge in [0.05, 0.1) is 11.6 Å². The fraction of sp³-hybridized carbons (Fsp3) is 0.652. The molecule has 0 aliphatic carbocycles. The number of carbonyl (C=O) groups excluding carboxylic acids is 10. The van der Waals surface area contributed by atoms with Crippen LogP contribution in [-0.4, -0.2) is 149 Å². The van der Waals surface area contributed by atoms with Crippen LogP contribution in [0.25, 0.3) is 0 Å². The number of aliphatic hydroxyl groups is 1. The molecule has 390 valence electrons. The van der Waals surface area contributed by atoms with Crippen LogP contribution in [0, 0.1) is 11.8 Å². The molecule has 0 spiro atoms. The van der Waals surface area contributed by atoms with Crippen molar-refractivity contribution in [3.63, 3.8) is 0 Å². The molecule has 2 heterocycles. The van der Waals surface area contributed by atoms with Crippen LogP contribution < -0.4 is 48.1 Å². The number of hydrogen-bond donors (Lipinski definition) is 9. The van der Waals surface area contributed by atoms with Crippen LogP contribution in [-0.2, 0) is 54.3 Å². The monoisotopic (exact) mass is 1050 g/mol. The number of halogens is 1. The van der Waals surface area contributed by atoms with Gasteiger partial charge in [-0.3, -0.25) is 38.4 Å². The highest BCUT2D eigenvalue weighted by atomic mass is 79.9. The maximum atomic E-state index is 15.0. The van der Waals surface area contributed by atoms with Crippen LogP contribution in [0.2, 0.25) is 0 Å². The van der Waals surface area contributed by atoms with Gasteiger partial charge in [-0.1, -0.05) is 47.1 Å². The summed E-state index contributed by atoms with van der Waals surface area (Å²) in [5, 5.41) is 26.9. The number of benzene rings is 1. The van der Waals surface area contributed by atoms with Crippen LogP contribution in [0.1, 0.15) is 105 Å². The largest absolute Gasteiger partial charge is 0.496 e. The Balaban J connectivity index is 2.27. The second kappa shape index (κ2) is 27.4. The molecule has 0 radical (unpaired) electrons. The lowest BCUT2D eigenvalue weighted by Crippen LogP contribution is -2.66. The number of ether oxygens (including phenoxy) is 2. The van der Waals surface area contributed by atoms with Gasteiger partial charge in [-0.2, -0.15) is 0 Å². The number of carbonyl (C=O) groups is 10. The maximum Gasteiger partial charge on any atom is 0.329 e. The number of aliphatic hydroxyl groups excluding tert-OH is 1. The van der Waals surface area contributed by atoms with Crippen LogP contribution >= 0.6 is 15.9 Å². The van der Waals surface area contributed by atoms with Gasteiger partial charge in [0.25, 0.3) is 0 Å². The van der Waals surface area contributed by atoms with Gasteiger partial charge < -0.3 is 67.7 Å². The van der Waals surface area contributed by atoms with Crippen molar-refractivity contribution in [1.29, 1.82) is 0 Å². The molecule has 3 rings (SSSR count). The van der Waals surface area contributed by atoms with Gasteiger partial charge in [0, 0.05) is 32.9 Å². The molecule has 70 heavy (non-hydrogen) atoms. The minimum Gasteiger partial charge on any atom is -0.496 e. The quantitative estimate of drug-likeness (QED) is 0.0676. The Labute approximate surface area is 416 Å². The van der Waals surface area contributed by atoms with Gasteiger partial charge in [-0.25, -0.2) is 9.59 Å². The van der Waals surface area contributed by atoms with Gasteiger partial charge >= 0.3 is 12.0 Å². The minimum atomic E-state index is -1.82. The molecule has 1 aromatic rings. The summed E-state index contributed by atoms with van der Waals surface area (Å²) in [5.74, 6) is -8.48. The summed E-state index contributed by atoms with van der Waals surface area (Å²) < 4.78 is 11.8. The number of primary amides is 2. The van der Waals surface area contributed by atoms with Gasteiger partial charge in [-0.05, 0) is 90.9 Å². The van der Waals surface area contributed by atoms with Crippen molar-refractivity contribution in [2.24, 2.45) is 23.3 Å².